The Morgan fingerprint density at radius 2 is 2.00 bits per heavy atom. The Hall–Kier alpha value is -0.980. The summed E-state index contributed by atoms with van der Waals surface area (Å²) in [7, 11) is -3.82. The maximum Gasteiger partial charge on any atom is 0.241 e. The number of aliphatic hydroxyl groups is 1. The standard InChI is InChI=1S/C15H22FNO3S/c1-11-5-3-2-4-6-14(11)17-21(19,20)15-9-13(16)8-7-12(15)10-18/h7-9,11,14,17-18H,2-6,10H2,1H3. The van der Waals surface area contributed by atoms with Crippen LogP contribution in [0.25, 0.3) is 0 Å². The molecule has 0 saturated heterocycles. The van der Waals surface area contributed by atoms with Crippen LogP contribution in [0.3, 0.4) is 0 Å². The third kappa shape index (κ3) is 4.02. The van der Waals surface area contributed by atoms with E-state index in [0.717, 1.165) is 44.2 Å². The van der Waals surface area contributed by atoms with Crippen LogP contribution in [0, 0.1) is 11.7 Å². The van der Waals surface area contributed by atoms with Gasteiger partial charge < -0.3 is 5.11 Å². The first-order valence-corrected chi connectivity index (χ1v) is 8.84. The SMILES string of the molecule is CC1CCCCCC1NS(=O)(=O)c1cc(F)ccc1CO. The lowest BCUT2D eigenvalue weighted by atomic mass is 9.98. The van der Waals surface area contributed by atoms with Gasteiger partial charge in [0.05, 0.1) is 11.5 Å². The van der Waals surface area contributed by atoms with E-state index in [0.29, 0.717) is 0 Å². The van der Waals surface area contributed by atoms with E-state index in [4.69, 9.17) is 0 Å². The smallest absolute Gasteiger partial charge is 0.241 e. The van der Waals surface area contributed by atoms with E-state index in [9.17, 15) is 17.9 Å². The van der Waals surface area contributed by atoms with Gasteiger partial charge in [-0.25, -0.2) is 17.5 Å². The number of halogens is 1. The summed E-state index contributed by atoms with van der Waals surface area (Å²) in [5.74, 6) is -0.366. The van der Waals surface area contributed by atoms with Gasteiger partial charge in [0.1, 0.15) is 5.82 Å². The van der Waals surface area contributed by atoms with Gasteiger partial charge in [-0.2, -0.15) is 0 Å². The number of nitrogens with one attached hydrogen (secondary N) is 1. The van der Waals surface area contributed by atoms with E-state index in [-0.39, 0.29) is 22.4 Å². The van der Waals surface area contributed by atoms with Gasteiger partial charge >= 0.3 is 0 Å². The number of aliphatic hydroxyl groups excluding tert-OH is 1. The van der Waals surface area contributed by atoms with Crippen LogP contribution in [0.15, 0.2) is 23.1 Å². The fourth-order valence-corrected chi connectivity index (χ4v) is 4.46. The van der Waals surface area contributed by atoms with Crippen molar-refractivity contribution in [2.24, 2.45) is 5.92 Å². The average Bonchev–Trinajstić information content (AvgIpc) is 2.64. The molecule has 2 N–H and O–H groups in total. The zero-order chi connectivity index (χ0) is 15.5. The molecule has 0 amide bonds. The second-order valence-electron chi connectivity index (χ2n) is 5.75. The summed E-state index contributed by atoms with van der Waals surface area (Å²) >= 11 is 0. The average molecular weight is 315 g/mol. The van der Waals surface area contributed by atoms with Crippen molar-refractivity contribution in [3.05, 3.63) is 29.6 Å². The van der Waals surface area contributed by atoms with E-state index >= 15 is 0 Å². The van der Waals surface area contributed by atoms with E-state index < -0.39 is 22.4 Å². The largest absolute Gasteiger partial charge is 0.392 e. The molecular weight excluding hydrogens is 293 g/mol. The molecule has 2 atom stereocenters. The minimum atomic E-state index is -3.82. The van der Waals surface area contributed by atoms with Crippen LogP contribution in [0.2, 0.25) is 0 Å². The molecule has 1 aliphatic rings. The summed E-state index contributed by atoms with van der Waals surface area (Å²) in [4.78, 5) is -0.165. The molecule has 6 heteroatoms. The lowest BCUT2D eigenvalue weighted by Crippen LogP contribution is -2.39. The van der Waals surface area contributed by atoms with Gasteiger partial charge in [-0.05, 0) is 36.5 Å². The highest BCUT2D eigenvalue weighted by atomic mass is 32.2. The summed E-state index contributed by atoms with van der Waals surface area (Å²) in [6.07, 6.45) is 5.01. The lowest BCUT2D eigenvalue weighted by molar-refractivity contribution is 0.278. The van der Waals surface area contributed by atoms with Crippen LogP contribution >= 0.6 is 0 Å². The topological polar surface area (TPSA) is 66.4 Å². The third-order valence-electron chi connectivity index (χ3n) is 4.16. The monoisotopic (exact) mass is 315 g/mol. The van der Waals surface area contributed by atoms with Crippen molar-refractivity contribution in [3.8, 4) is 0 Å². The van der Waals surface area contributed by atoms with E-state index in [1.807, 2.05) is 6.92 Å². The van der Waals surface area contributed by atoms with Crippen molar-refractivity contribution < 1.29 is 17.9 Å². The van der Waals surface area contributed by atoms with Crippen LogP contribution in [-0.4, -0.2) is 19.6 Å². The number of rotatable bonds is 4. The van der Waals surface area contributed by atoms with Gasteiger partial charge in [0, 0.05) is 6.04 Å². The molecule has 0 spiro atoms. The second kappa shape index (κ2) is 6.85. The molecule has 1 aromatic rings. The molecule has 1 fully saturated rings. The number of benzene rings is 1. The summed E-state index contributed by atoms with van der Waals surface area (Å²) in [5, 5.41) is 9.26. The first-order valence-electron chi connectivity index (χ1n) is 7.35. The molecule has 118 valence electrons. The Kier molecular flexibility index (Phi) is 5.35. The van der Waals surface area contributed by atoms with Crippen LogP contribution in [-0.2, 0) is 16.6 Å². The first kappa shape index (κ1) is 16.4. The summed E-state index contributed by atoms with van der Waals surface area (Å²) in [5.41, 5.74) is 0.213. The van der Waals surface area contributed by atoms with Crippen molar-refractivity contribution in [1.82, 2.24) is 4.72 Å². The molecule has 0 aromatic heterocycles. The minimum Gasteiger partial charge on any atom is -0.392 e. The second-order valence-corrected chi connectivity index (χ2v) is 7.44. The quantitative estimate of drug-likeness (QED) is 0.839. The van der Waals surface area contributed by atoms with Gasteiger partial charge in [-0.3, -0.25) is 0 Å². The molecule has 0 radical (unpaired) electrons. The van der Waals surface area contributed by atoms with Gasteiger partial charge in [0.2, 0.25) is 10.0 Å². The Morgan fingerprint density at radius 3 is 2.71 bits per heavy atom. The summed E-state index contributed by atoms with van der Waals surface area (Å²) in [6, 6.07) is 3.29. The van der Waals surface area contributed by atoms with Gasteiger partial charge in [-0.1, -0.05) is 32.3 Å². The Bertz CT molecular complexity index is 589. The zero-order valence-electron chi connectivity index (χ0n) is 12.2. The van der Waals surface area contributed by atoms with Crippen LogP contribution in [0.5, 0.6) is 0 Å². The van der Waals surface area contributed by atoms with Gasteiger partial charge in [0.25, 0.3) is 0 Å². The van der Waals surface area contributed by atoms with E-state index in [2.05, 4.69) is 4.72 Å². The highest BCUT2D eigenvalue weighted by Gasteiger charge is 2.27. The fraction of sp³-hybridized carbons (Fsp3) is 0.600. The van der Waals surface area contributed by atoms with E-state index in [1.165, 1.54) is 6.07 Å². The normalized spacial score (nSPS) is 23.8. The predicted octanol–water partition coefficient (Wildman–Crippen LogP) is 2.57. The Labute approximate surface area is 125 Å². The Morgan fingerprint density at radius 1 is 1.29 bits per heavy atom. The number of hydrogen-bond acceptors (Lipinski definition) is 3. The molecule has 0 heterocycles. The van der Waals surface area contributed by atoms with Crippen molar-refractivity contribution in [3.63, 3.8) is 0 Å². The summed E-state index contributed by atoms with van der Waals surface area (Å²) in [6.45, 7) is 1.60. The fourth-order valence-electron chi connectivity index (χ4n) is 2.84. The zero-order valence-corrected chi connectivity index (χ0v) is 13.0. The summed E-state index contributed by atoms with van der Waals surface area (Å²) < 4.78 is 41.1. The maximum absolute atomic E-state index is 13.4. The molecular formula is C15H22FNO3S. The van der Waals surface area contributed by atoms with Crippen LogP contribution in [0.4, 0.5) is 4.39 Å². The predicted molar refractivity (Wildman–Crippen MR) is 78.7 cm³/mol. The number of sulfonamides is 1. The molecule has 0 aliphatic heterocycles. The maximum atomic E-state index is 13.4. The third-order valence-corrected chi connectivity index (χ3v) is 5.73. The molecule has 1 aliphatic carbocycles. The molecule has 21 heavy (non-hydrogen) atoms. The molecule has 2 rings (SSSR count). The van der Waals surface area contributed by atoms with Crippen LogP contribution < -0.4 is 4.72 Å². The molecule has 4 nitrogen and oxygen atoms in total. The van der Waals surface area contributed by atoms with Crippen LogP contribution in [0.1, 0.15) is 44.6 Å². The van der Waals surface area contributed by atoms with Crippen molar-refractivity contribution in [1.29, 1.82) is 0 Å². The van der Waals surface area contributed by atoms with E-state index in [1.54, 1.807) is 0 Å². The highest BCUT2D eigenvalue weighted by molar-refractivity contribution is 7.89. The van der Waals surface area contributed by atoms with Crippen molar-refractivity contribution in [2.45, 2.75) is 56.6 Å². The van der Waals surface area contributed by atoms with Gasteiger partial charge in [-0.15, -0.1) is 0 Å². The number of hydrogen-bond donors (Lipinski definition) is 2. The molecule has 0 bridgehead atoms. The molecule has 1 aromatic carbocycles. The first-order chi connectivity index (χ1) is 9.94. The molecule has 1 saturated carbocycles. The van der Waals surface area contributed by atoms with Gasteiger partial charge in [0.15, 0.2) is 0 Å². The highest BCUT2D eigenvalue weighted by Crippen LogP contribution is 2.25. The van der Waals surface area contributed by atoms with Crippen molar-refractivity contribution >= 4 is 10.0 Å². The minimum absolute atomic E-state index is 0.132. The lowest BCUT2D eigenvalue weighted by Gasteiger charge is -2.23. The molecule has 2 unspecified atom stereocenters. The van der Waals surface area contributed by atoms with Crippen molar-refractivity contribution in [2.75, 3.05) is 0 Å². The Balaban J connectivity index is 2.27.